The number of carboxylic acids is 1. The molecule has 7 heteroatoms. The van der Waals surface area contributed by atoms with E-state index in [-0.39, 0.29) is 5.91 Å². The van der Waals surface area contributed by atoms with E-state index >= 15 is 0 Å². The lowest BCUT2D eigenvalue weighted by molar-refractivity contribution is -0.134. The van der Waals surface area contributed by atoms with Crippen molar-refractivity contribution in [1.29, 1.82) is 0 Å². The van der Waals surface area contributed by atoms with Gasteiger partial charge in [0.1, 0.15) is 0 Å². The molecule has 0 atom stereocenters. The molecule has 1 fully saturated rings. The minimum absolute atomic E-state index is 0.00782. The first-order valence-electron chi connectivity index (χ1n) is 11.5. The fourth-order valence-corrected chi connectivity index (χ4v) is 4.41. The first-order valence-corrected chi connectivity index (χ1v) is 11.5. The second-order valence-corrected chi connectivity index (χ2v) is 8.57. The smallest absolute Gasteiger partial charge is 0.300 e. The van der Waals surface area contributed by atoms with E-state index in [0.29, 0.717) is 6.54 Å². The average molecular weight is 447 g/mol. The van der Waals surface area contributed by atoms with Gasteiger partial charge in [-0.15, -0.1) is 0 Å². The quantitative estimate of drug-likeness (QED) is 0.560. The summed E-state index contributed by atoms with van der Waals surface area (Å²) < 4.78 is 0. The second kappa shape index (κ2) is 10.4. The highest BCUT2D eigenvalue weighted by Crippen LogP contribution is 2.27. The van der Waals surface area contributed by atoms with Crippen molar-refractivity contribution in [2.45, 2.75) is 39.2 Å². The van der Waals surface area contributed by atoms with Crippen LogP contribution in [0, 0.1) is 0 Å². The molecule has 33 heavy (non-hydrogen) atoms. The Morgan fingerprint density at radius 3 is 2.64 bits per heavy atom. The van der Waals surface area contributed by atoms with Gasteiger partial charge < -0.3 is 15.4 Å². The number of amides is 1. The van der Waals surface area contributed by atoms with E-state index in [4.69, 9.17) is 9.90 Å². The number of carbonyl (C=O) groups is 2. The summed E-state index contributed by atoms with van der Waals surface area (Å²) in [6.07, 6.45) is 6.67. The van der Waals surface area contributed by atoms with Gasteiger partial charge in [-0.1, -0.05) is 24.6 Å². The van der Waals surface area contributed by atoms with Crippen molar-refractivity contribution < 1.29 is 14.7 Å². The number of aliphatic carboxylic acids is 1. The number of H-pyrrole nitrogens is 1. The second-order valence-electron chi connectivity index (χ2n) is 8.57. The van der Waals surface area contributed by atoms with Crippen LogP contribution in [-0.2, 0) is 17.8 Å². The standard InChI is InChI=1S/C24H26N4O.C2H4O2/c29-24-20-15-23(27-21(20)8-10-26-24)19-7-9-25-22(14-19)18-6-4-5-17(13-18)16-28-11-2-1-3-12-28;1-2(3)4/h4-7,9,13-15,27H,1-3,8,10-12,16H2,(H,26,29);1H3,(H,3,4). The van der Waals surface area contributed by atoms with E-state index < -0.39 is 5.97 Å². The molecule has 3 aromatic rings. The summed E-state index contributed by atoms with van der Waals surface area (Å²) in [6, 6.07) is 14.8. The molecule has 2 aliphatic heterocycles. The van der Waals surface area contributed by atoms with Crippen molar-refractivity contribution in [3.05, 3.63) is 65.5 Å². The highest BCUT2D eigenvalue weighted by molar-refractivity contribution is 5.97. The molecular formula is C26H30N4O3. The van der Waals surface area contributed by atoms with E-state index in [1.807, 2.05) is 18.3 Å². The molecule has 0 aliphatic carbocycles. The Morgan fingerprint density at radius 1 is 1.09 bits per heavy atom. The van der Waals surface area contributed by atoms with E-state index in [0.717, 1.165) is 53.7 Å². The van der Waals surface area contributed by atoms with Crippen LogP contribution in [0.15, 0.2) is 48.7 Å². The normalized spacial score (nSPS) is 15.7. The van der Waals surface area contributed by atoms with E-state index in [1.54, 1.807) is 0 Å². The number of aromatic amines is 1. The highest BCUT2D eigenvalue weighted by atomic mass is 16.4. The molecule has 0 unspecified atom stereocenters. The minimum Gasteiger partial charge on any atom is -0.481 e. The fraction of sp³-hybridized carbons (Fsp3) is 0.346. The zero-order valence-corrected chi connectivity index (χ0v) is 18.9. The maximum atomic E-state index is 12.1. The molecule has 3 N–H and O–H groups in total. The molecule has 0 radical (unpaired) electrons. The van der Waals surface area contributed by atoms with Gasteiger partial charge in [0.15, 0.2) is 0 Å². The summed E-state index contributed by atoms with van der Waals surface area (Å²) in [4.78, 5) is 31.7. The number of pyridine rings is 1. The average Bonchev–Trinajstić information content (AvgIpc) is 3.26. The van der Waals surface area contributed by atoms with Gasteiger partial charge in [0.05, 0.1) is 11.3 Å². The van der Waals surface area contributed by atoms with Crippen molar-refractivity contribution in [2.75, 3.05) is 19.6 Å². The number of carboxylic acid groups (broad SMARTS) is 1. The number of rotatable bonds is 4. The third kappa shape index (κ3) is 5.87. The number of piperidine rings is 1. The Labute approximate surface area is 193 Å². The number of hydrogen-bond acceptors (Lipinski definition) is 4. The van der Waals surface area contributed by atoms with Crippen LogP contribution in [0.25, 0.3) is 22.5 Å². The molecule has 7 nitrogen and oxygen atoms in total. The zero-order chi connectivity index (χ0) is 23.2. The number of fused-ring (bicyclic) bond motifs is 1. The van der Waals surface area contributed by atoms with Crippen molar-refractivity contribution in [3.63, 3.8) is 0 Å². The van der Waals surface area contributed by atoms with Gasteiger partial charge in [-0.3, -0.25) is 19.5 Å². The molecule has 0 spiro atoms. The van der Waals surface area contributed by atoms with E-state index in [9.17, 15) is 4.79 Å². The van der Waals surface area contributed by atoms with Gasteiger partial charge in [-0.05, 0) is 55.8 Å². The Hall–Kier alpha value is -3.45. The van der Waals surface area contributed by atoms with Crippen molar-refractivity contribution in [2.24, 2.45) is 0 Å². The molecule has 0 bridgehead atoms. The van der Waals surface area contributed by atoms with Gasteiger partial charge in [-0.2, -0.15) is 0 Å². The Morgan fingerprint density at radius 2 is 1.88 bits per heavy atom. The fourth-order valence-electron chi connectivity index (χ4n) is 4.41. The lowest BCUT2D eigenvalue weighted by Crippen LogP contribution is -2.31. The molecular weight excluding hydrogens is 416 g/mol. The molecule has 0 saturated carbocycles. The Kier molecular flexibility index (Phi) is 7.19. The largest absolute Gasteiger partial charge is 0.481 e. The number of nitrogens with one attached hydrogen (secondary N) is 2. The van der Waals surface area contributed by atoms with Crippen LogP contribution in [-0.4, -0.2) is 51.5 Å². The van der Waals surface area contributed by atoms with Gasteiger partial charge in [-0.25, -0.2) is 0 Å². The Bertz CT molecular complexity index is 1130. The van der Waals surface area contributed by atoms with Gasteiger partial charge in [0.2, 0.25) is 0 Å². The number of carbonyl (C=O) groups excluding carboxylic acids is 1. The van der Waals surface area contributed by atoms with Gasteiger partial charge >= 0.3 is 0 Å². The maximum absolute atomic E-state index is 12.1. The van der Waals surface area contributed by atoms with Crippen molar-refractivity contribution in [3.8, 4) is 22.5 Å². The topological polar surface area (TPSA) is 98.3 Å². The first-order chi connectivity index (χ1) is 16.0. The number of nitrogens with zero attached hydrogens (tertiary/aromatic N) is 2. The minimum atomic E-state index is -0.833. The van der Waals surface area contributed by atoms with Crippen LogP contribution >= 0.6 is 0 Å². The summed E-state index contributed by atoms with van der Waals surface area (Å²) >= 11 is 0. The number of hydrogen-bond donors (Lipinski definition) is 3. The van der Waals surface area contributed by atoms with Crippen LogP contribution < -0.4 is 5.32 Å². The van der Waals surface area contributed by atoms with Crippen LogP contribution in [0.1, 0.15) is 47.8 Å². The maximum Gasteiger partial charge on any atom is 0.300 e. The molecule has 172 valence electrons. The molecule has 1 amide bonds. The van der Waals surface area contributed by atoms with E-state index in [2.05, 4.69) is 50.5 Å². The predicted molar refractivity (Wildman–Crippen MR) is 128 cm³/mol. The van der Waals surface area contributed by atoms with Crippen LogP contribution in [0.2, 0.25) is 0 Å². The zero-order valence-electron chi connectivity index (χ0n) is 18.9. The molecule has 1 saturated heterocycles. The lowest BCUT2D eigenvalue weighted by Gasteiger charge is -2.26. The summed E-state index contributed by atoms with van der Waals surface area (Å²) in [5.74, 6) is -0.826. The lowest BCUT2D eigenvalue weighted by atomic mass is 10.0. The van der Waals surface area contributed by atoms with Crippen LogP contribution in [0.4, 0.5) is 0 Å². The van der Waals surface area contributed by atoms with Crippen LogP contribution in [0.5, 0.6) is 0 Å². The molecule has 4 heterocycles. The summed E-state index contributed by atoms with van der Waals surface area (Å²) in [6.45, 7) is 5.18. The van der Waals surface area contributed by atoms with Gasteiger partial charge in [0, 0.05) is 55.1 Å². The number of likely N-dealkylation sites (tertiary alicyclic amines) is 1. The monoisotopic (exact) mass is 446 g/mol. The third-order valence-electron chi connectivity index (χ3n) is 5.95. The van der Waals surface area contributed by atoms with E-state index in [1.165, 1.54) is 37.9 Å². The SMILES string of the molecule is CC(=O)O.O=C1NCCc2[nH]c(-c3ccnc(-c4cccc(CN5CCCCC5)c4)c3)cc21. The van der Waals surface area contributed by atoms with Crippen molar-refractivity contribution >= 4 is 11.9 Å². The summed E-state index contributed by atoms with van der Waals surface area (Å²) in [5.41, 5.74) is 7.23. The van der Waals surface area contributed by atoms with Crippen molar-refractivity contribution in [1.82, 2.24) is 20.2 Å². The van der Waals surface area contributed by atoms with Gasteiger partial charge in [0.25, 0.3) is 11.9 Å². The molecule has 1 aromatic carbocycles. The predicted octanol–water partition coefficient (Wildman–Crippen LogP) is 4.11. The number of benzene rings is 1. The highest BCUT2D eigenvalue weighted by Gasteiger charge is 2.20. The summed E-state index contributed by atoms with van der Waals surface area (Å²) in [7, 11) is 0. The molecule has 2 aromatic heterocycles. The summed E-state index contributed by atoms with van der Waals surface area (Å²) in [5, 5.41) is 10.3. The first kappa shape index (κ1) is 22.7. The molecule has 5 rings (SSSR count). The molecule has 2 aliphatic rings. The van der Waals surface area contributed by atoms with Crippen LogP contribution in [0.3, 0.4) is 0 Å². The third-order valence-corrected chi connectivity index (χ3v) is 5.95. The Balaban J connectivity index is 0.000000601. The number of aromatic nitrogens is 2.